The normalized spacial score (nSPS) is 9.65. The lowest BCUT2D eigenvalue weighted by atomic mass is 10.1. The lowest BCUT2D eigenvalue weighted by molar-refractivity contribution is 0.102. The molecule has 1 heterocycles. The number of nitriles is 1. The summed E-state index contributed by atoms with van der Waals surface area (Å²) in [7, 11) is 0. The highest BCUT2D eigenvalue weighted by molar-refractivity contribution is 6.05. The number of aromatic nitrogens is 1. The number of carbonyl (C=O) groups excluding carboxylic acids is 1. The SMILES string of the molecule is Cc1cccc(NC(=O)c2ccnc(NN)c2)c1C#N. The molecule has 0 atom stereocenters. The Morgan fingerprint density at radius 1 is 1.40 bits per heavy atom. The van der Waals surface area contributed by atoms with Gasteiger partial charge in [-0.05, 0) is 30.7 Å². The number of hydrogen-bond donors (Lipinski definition) is 3. The van der Waals surface area contributed by atoms with E-state index in [2.05, 4.69) is 21.8 Å². The molecule has 0 radical (unpaired) electrons. The predicted molar refractivity (Wildman–Crippen MR) is 75.9 cm³/mol. The van der Waals surface area contributed by atoms with E-state index in [9.17, 15) is 4.79 Å². The van der Waals surface area contributed by atoms with Crippen LogP contribution in [0.5, 0.6) is 0 Å². The molecule has 1 amide bonds. The summed E-state index contributed by atoms with van der Waals surface area (Å²) < 4.78 is 0. The first-order valence-corrected chi connectivity index (χ1v) is 5.89. The van der Waals surface area contributed by atoms with Gasteiger partial charge in [-0.1, -0.05) is 12.1 Å². The summed E-state index contributed by atoms with van der Waals surface area (Å²) in [6.45, 7) is 1.82. The summed E-state index contributed by atoms with van der Waals surface area (Å²) in [5.74, 6) is 5.31. The van der Waals surface area contributed by atoms with Crippen molar-refractivity contribution >= 4 is 17.4 Å². The summed E-state index contributed by atoms with van der Waals surface area (Å²) >= 11 is 0. The van der Waals surface area contributed by atoms with Gasteiger partial charge < -0.3 is 10.7 Å². The van der Waals surface area contributed by atoms with Gasteiger partial charge in [0.25, 0.3) is 5.91 Å². The second-order valence-electron chi connectivity index (χ2n) is 4.14. The van der Waals surface area contributed by atoms with Crippen molar-refractivity contribution in [3.05, 3.63) is 53.2 Å². The first kappa shape index (κ1) is 13.5. The Kier molecular flexibility index (Phi) is 3.93. The lowest BCUT2D eigenvalue weighted by Crippen LogP contribution is -2.15. The van der Waals surface area contributed by atoms with Crippen molar-refractivity contribution in [2.24, 2.45) is 5.84 Å². The van der Waals surface area contributed by atoms with E-state index in [0.717, 1.165) is 5.56 Å². The molecular weight excluding hydrogens is 254 g/mol. The van der Waals surface area contributed by atoms with Gasteiger partial charge in [-0.2, -0.15) is 5.26 Å². The quantitative estimate of drug-likeness (QED) is 0.581. The highest BCUT2D eigenvalue weighted by Gasteiger charge is 2.11. The van der Waals surface area contributed by atoms with Crippen molar-refractivity contribution in [1.82, 2.24) is 4.98 Å². The summed E-state index contributed by atoms with van der Waals surface area (Å²) in [6.07, 6.45) is 1.48. The van der Waals surface area contributed by atoms with Crippen LogP contribution in [0.25, 0.3) is 0 Å². The number of aryl methyl sites for hydroxylation is 1. The Labute approximate surface area is 116 Å². The van der Waals surface area contributed by atoms with Gasteiger partial charge in [0.05, 0.1) is 11.3 Å². The molecule has 0 unspecified atom stereocenters. The molecule has 0 saturated carbocycles. The number of nitrogens with zero attached hydrogens (tertiary/aromatic N) is 2. The highest BCUT2D eigenvalue weighted by Crippen LogP contribution is 2.19. The fraction of sp³-hybridized carbons (Fsp3) is 0.0714. The summed E-state index contributed by atoms with van der Waals surface area (Å²) in [5.41, 5.74) is 4.52. The van der Waals surface area contributed by atoms with E-state index in [-0.39, 0.29) is 5.91 Å². The largest absolute Gasteiger partial charge is 0.321 e. The minimum Gasteiger partial charge on any atom is -0.321 e. The average molecular weight is 267 g/mol. The number of anilines is 2. The van der Waals surface area contributed by atoms with E-state index in [1.54, 1.807) is 18.2 Å². The van der Waals surface area contributed by atoms with E-state index in [4.69, 9.17) is 11.1 Å². The fourth-order valence-corrected chi connectivity index (χ4v) is 1.77. The van der Waals surface area contributed by atoms with E-state index in [1.807, 2.05) is 13.0 Å². The van der Waals surface area contributed by atoms with E-state index >= 15 is 0 Å². The van der Waals surface area contributed by atoms with Gasteiger partial charge in [-0.15, -0.1) is 0 Å². The topological polar surface area (TPSA) is 104 Å². The van der Waals surface area contributed by atoms with Crippen molar-refractivity contribution in [2.45, 2.75) is 6.92 Å². The van der Waals surface area contributed by atoms with Crippen LogP contribution in [0, 0.1) is 18.3 Å². The molecule has 6 nitrogen and oxygen atoms in total. The molecular formula is C14H13N5O. The minimum atomic E-state index is -0.328. The third-order valence-corrected chi connectivity index (χ3v) is 2.80. The van der Waals surface area contributed by atoms with Gasteiger partial charge >= 0.3 is 0 Å². The standard InChI is InChI=1S/C14H13N5O/c1-9-3-2-4-12(11(9)8-15)18-14(20)10-5-6-17-13(7-10)19-16/h2-7H,16H2,1H3,(H,17,19)(H,18,20). The molecule has 0 fully saturated rings. The molecule has 0 aliphatic heterocycles. The maximum absolute atomic E-state index is 12.1. The van der Waals surface area contributed by atoms with Crippen molar-refractivity contribution in [2.75, 3.05) is 10.7 Å². The van der Waals surface area contributed by atoms with E-state index in [0.29, 0.717) is 22.6 Å². The fourth-order valence-electron chi connectivity index (χ4n) is 1.77. The lowest BCUT2D eigenvalue weighted by Gasteiger charge is -2.09. The zero-order valence-electron chi connectivity index (χ0n) is 10.8. The van der Waals surface area contributed by atoms with Crippen LogP contribution in [0.3, 0.4) is 0 Å². The molecule has 0 bridgehead atoms. The van der Waals surface area contributed by atoms with E-state index < -0.39 is 0 Å². The van der Waals surface area contributed by atoms with Crippen LogP contribution in [0.2, 0.25) is 0 Å². The first-order chi connectivity index (χ1) is 9.65. The number of nitrogens with two attached hydrogens (primary N) is 1. The smallest absolute Gasteiger partial charge is 0.255 e. The van der Waals surface area contributed by atoms with E-state index in [1.165, 1.54) is 12.3 Å². The van der Waals surface area contributed by atoms with Gasteiger partial charge in [0.1, 0.15) is 11.9 Å². The van der Waals surface area contributed by atoms with Gasteiger partial charge in [0.15, 0.2) is 0 Å². The Bertz CT molecular complexity index is 690. The van der Waals surface area contributed by atoms with Crippen LogP contribution < -0.4 is 16.6 Å². The van der Waals surface area contributed by atoms with Crippen molar-refractivity contribution in [3.8, 4) is 6.07 Å². The Morgan fingerprint density at radius 3 is 2.90 bits per heavy atom. The monoisotopic (exact) mass is 267 g/mol. The molecule has 1 aromatic heterocycles. The molecule has 6 heteroatoms. The number of rotatable bonds is 3. The van der Waals surface area contributed by atoms with Crippen molar-refractivity contribution in [1.29, 1.82) is 5.26 Å². The average Bonchev–Trinajstić information content (AvgIpc) is 2.47. The molecule has 20 heavy (non-hydrogen) atoms. The third kappa shape index (κ3) is 2.74. The Morgan fingerprint density at radius 2 is 2.20 bits per heavy atom. The predicted octanol–water partition coefficient (Wildman–Crippen LogP) is 1.80. The van der Waals surface area contributed by atoms with Crippen LogP contribution in [0.1, 0.15) is 21.5 Å². The molecule has 2 aromatic rings. The zero-order chi connectivity index (χ0) is 14.5. The summed E-state index contributed by atoms with van der Waals surface area (Å²) in [4.78, 5) is 16.1. The number of carbonyl (C=O) groups is 1. The summed E-state index contributed by atoms with van der Waals surface area (Å²) in [6, 6.07) is 10.5. The molecule has 0 aliphatic rings. The van der Waals surface area contributed by atoms with Crippen LogP contribution in [0.15, 0.2) is 36.5 Å². The number of hydrazine groups is 1. The van der Waals surface area contributed by atoms with Crippen LogP contribution in [-0.4, -0.2) is 10.9 Å². The van der Waals surface area contributed by atoms with Gasteiger partial charge in [-0.3, -0.25) is 4.79 Å². The Balaban J connectivity index is 2.28. The van der Waals surface area contributed by atoms with Gasteiger partial charge in [-0.25, -0.2) is 10.8 Å². The number of hydrogen-bond acceptors (Lipinski definition) is 5. The van der Waals surface area contributed by atoms with Gasteiger partial charge in [0, 0.05) is 11.8 Å². The number of nitrogens with one attached hydrogen (secondary N) is 2. The maximum atomic E-state index is 12.1. The molecule has 4 N–H and O–H groups in total. The zero-order valence-corrected chi connectivity index (χ0v) is 10.8. The maximum Gasteiger partial charge on any atom is 0.255 e. The van der Waals surface area contributed by atoms with Crippen LogP contribution in [0.4, 0.5) is 11.5 Å². The van der Waals surface area contributed by atoms with Crippen molar-refractivity contribution < 1.29 is 4.79 Å². The third-order valence-electron chi connectivity index (χ3n) is 2.80. The number of benzene rings is 1. The second-order valence-corrected chi connectivity index (χ2v) is 4.14. The first-order valence-electron chi connectivity index (χ1n) is 5.89. The minimum absolute atomic E-state index is 0.328. The molecule has 0 spiro atoms. The molecule has 2 rings (SSSR count). The highest BCUT2D eigenvalue weighted by atomic mass is 16.1. The van der Waals surface area contributed by atoms with Crippen molar-refractivity contribution in [3.63, 3.8) is 0 Å². The number of amides is 1. The molecule has 0 saturated heterocycles. The number of nitrogen functional groups attached to an aromatic ring is 1. The molecule has 1 aromatic carbocycles. The van der Waals surface area contributed by atoms with Crippen LogP contribution in [-0.2, 0) is 0 Å². The molecule has 0 aliphatic carbocycles. The number of pyridine rings is 1. The second kappa shape index (κ2) is 5.82. The molecule has 100 valence electrons. The van der Waals surface area contributed by atoms with Crippen LogP contribution >= 0.6 is 0 Å². The summed E-state index contributed by atoms with van der Waals surface area (Å²) in [5, 5.41) is 11.8. The van der Waals surface area contributed by atoms with Gasteiger partial charge in [0.2, 0.25) is 0 Å². The Hall–Kier alpha value is -2.91.